The summed E-state index contributed by atoms with van der Waals surface area (Å²) in [4.78, 5) is 12.8. The summed E-state index contributed by atoms with van der Waals surface area (Å²) in [6, 6.07) is 12.6. The van der Waals surface area contributed by atoms with E-state index in [0.717, 1.165) is 15.4 Å². The second kappa shape index (κ2) is 8.73. The molecule has 2 aromatic carbocycles. The number of aryl methyl sites for hydroxylation is 1. The Bertz CT molecular complexity index is 973. The standard InChI is InChI=1S/C21H26N2O5S/c1-4-18(16-8-6-15(3)7-9-16)22-21(24)13-23(29(25,26)5-2)17-10-11-19-20(12-17)28-14-27-19/h6-12,18H,4-5,13-14H2,1-3H3,(H,22,24)/t18-/m0/s1. The first kappa shape index (κ1) is 21.0. The summed E-state index contributed by atoms with van der Waals surface area (Å²) in [7, 11) is -3.66. The molecular weight excluding hydrogens is 392 g/mol. The van der Waals surface area contributed by atoms with Gasteiger partial charge < -0.3 is 14.8 Å². The summed E-state index contributed by atoms with van der Waals surface area (Å²) in [6.07, 6.45) is 0.694. The van der Waals surface area contributed by atoms with E-state index in [1.807, 2.05) is 38.1 Å². The van der Waals surface area contributed by atoms with Crippen LogP contribution in [0.5, 0.6) is 11.5 Å². The average molecular weight is 419 g/mol. The van der Waals surface area contributed by atoms with Crippen LogP contribution in [0, 0.1) is 6.92 Å². The number of carbonyl (C=O) groups is 1. The minimum absolute atomic E-state index is 0.0918. The Balaban J connectivity index is 1.80. The van der Waals surface area contributed by atoms with Gasteiger partial charge in [-0.2, -0.15) is 0 Å². The van der Waals surface area contributed by atoms with E-state index in [1.54, 1.807) is 25.1 Å². The van der Waals surface area contributed by atoms with Crippen molar-refractivity contribution in [2.24, 2.45) is 0 Å². The van der Waals surface area contributed by atoms with E-state index < -0.39 is 10.0 Å². The van der Waals surface area contributed by atoms with Gasteiger partial charge in [0.2, 0.25) is 22.7 Å². The first-order valence-electron chi connectivity index (χ1n) is 9.60. The zero-order chi connectivity index (χ0) is 21.0. The molecule has 0 unspecified atom stereocenters. The first-order chi connectivity index (χ1) is 13.8. The molecule has 1 atom stereocenters. The maximum absolute atomic E-state index is 12.8. The molecular formula is C21H26N2O5S. The lowest BCUT2D eigenvalue weighted by molar-refractivity contribution is -0.120. The van der Waals surface area contributed by atoms with Gasteiger partial charge >= 0.3 is 0 Å². The number of nitrogens with one attached hydrogen (secondary N) is 1. The number of nitrogens with zero attached hydrogens (tertiary/aromatic N) is 1. The maximum atomic E-state index is 12.8. The molecule has 1 heterocycles. The molecule has 0 bridgehead atoms. The number of sulfonamides is 1. The van der Waals surface area contributed by atoms with Gasteiger partial charge in [-0.1, -0.05) is 36.8 Å². The van der Waals surface area contributed by atoms with Crippen LogP contribution in [0.15, 0.2) is 42.5 Å². The minimum atomic E-state index is -3.66. The molecule has 0 aliphatic carbocycles. The van der Waals surface area contributed by atoms with Gasteiger partial charge in [-0.15, -0.1) is 0 Å². The Labute approximate surface area is 171 Å². The molecule has 156 valence electrons. The molecule has 8 heteroatoms. The van der Waals surface area contributed by atoms with E-state index in [1.165, 1.54) is 0 Å². The molecule has 1 aliphatic rings. The van der Waals surface area contributed by atoms with Gasteiger partial charge in [0.15, 0.2) is 11.5 Å². The quantitative estimate of drug-likeness (QED) is 0.712. The van der Waals surface area contributed by atoms with Crippen molar-refractivity contribution in [3.05, 3.63) is 53.6 Å². The van der Waals surface area contributed by atoms with Crippen molar-refractivity contribution in [3.63, 3.8) is 0 Å². The Morgan fingerprint density at radius 3 is 2.45 bits per heavy atom. The second-order valence-electron chi connectivity index (χ2n) is 6.88. The molecule has 0 radical (unpaired) electrons. The van der Waals surface area contributed by atoms with Crippen molar-refractivity contribution in [1.82, 2.24) is 5.32 Å². The summed E-state index contributed by atoms with van der Waals surface area (Å²) in [6.45, 7) is 5.31. The topological polar surface area (TPSA) is 84.9 Å². The Morgan fingerprint density at radius 2 is 1.79 bits per heavy atom. The van der Waals surface area contributed by atoms with Crippen LogP contribution in [0.25, 0.3) is 0 Å². The van der Waals surface area contributed by atoms with E-state index >= 15 is 0 Å². The first-order valence-corrected chi connectivity index (χ1v) is 11.2. The normalized spacial score (nSPS) is 13.8. The Kier molecular flexibility index (Phi) is 6.32. The second-order valence-corrected chi connectivity index (χ2v) is 9.07. The van der Waals surface area contributed by atoms with Crippen molar-refractivity contribution in [3.8, 4) is 11.5 Å². The van der Waals surface area contributed by atoms with Crippen LogP contribution >= 0.6 is 0 Å². The highest BCUT2D eigenvalue weighted by Gasteiger charge is 2.26. The van der Waals surface area contributed by atoms with Crippen molar-refractivity contribution in [1.29, 1.82) is 0 Å². The summed E-state index contributed by atoms with van der Waals surface area (Å²) in [5, 5.41) is 2.95. The van der Waals surface area contributed by atoms with Crippen LogP contribution in [0.2, 0.25) is 0 Å². The van der Waals surface area contributed by atoms with Crippen molar-refractivity contribution >= 4 is 21.6 Å². The average Bonchev–Trinajstić information content (AvgIpc) is 3.18. The fourth-order valence-corrected chi connectivity index (χ4v) is 4.20. The molecule has 0 fully saturated rings. The molecule has 1 aliphatic heterocycles. The van der Waals surface area contributed by atoms with Crippen LogP contribution in [0.4, 0.5) is 5.69 Å². The Hall–Kier alpha value is -2.74. The van der Waals surface area contributed by atoms with Crippen LogP contribution in [-0.4, -0.2) is 33.4 Å². The summed E-state index contributed by atoms with van der Waals surface area (Å²) >= 11 is 0. The van der Waals surface area contributed by atoms with Gasteiger partial charge in [-0.25, -0.2) is 8.42 Å². The lowest BCUT2D eigenvalue weighted by Crippen LogP contribution is -2.42. The fourth-order valence-electron chi connectivity index (χ4n) is 3.14. The molecule has 1 N–H and O–H groups in total. The van der Waals surface area contributed by atoms with Crippen molar-refractivity contribution < 1.29 is 22.7 Å². The third kappa shape index (κ3) is 4.82. The summed E-state index contributed by atoms with van der Waals surface area (Å²) < 4.78 is 37.1. The number of hydrogen-bond donors (Lipinski definition) is 1. The van der Waals surface area contributed by atoms with Gasteiger partial charge in [-0.05, 0) is 38.0 Å². The predicted octanol–water partition coefficient (Wildman–Crippen LogP) is 3.15. The maximum Gasteiger partial charge on any atom is 0.241 e. The number of benzene rings is 2. The van der Waals surface area contributed by atoms with E-state index in [0.29, 0.717) is 23.6 Å². The summed E-state index contributed by atoms with van der Waals surface area (Å²) in [5.74, 6) is 0.527. The number of amides is 1. The van der Waals surface area contributed by atoms with Crippen molar-refractivity contribution in [2.75, 3.05) is 23.4 Å². The molecule has 0 saturated heterocycles. The number of anilines is 1. The monoisotopic (exact) mass is 418 g/mol. The number of carbonyl (C=O) groups excluding carboxylic acids is 1. The third-order valence-corrected chi connectivity index (χ3v) is 6.60. The van der Waals surface area contributed by atoms with Crippen LogP contribution in [-0.2, 0) is 14.8 Å². The smallest absolute Gasteiger partial charge is 0.241 e. The predicted molar refractivity (Wildman–Crippen MR) is 112 cm³/mol. The highest BCUT2D eigenvalue weighted by molar-refractivity contribution is 7.92. The SMILES string of the molecule is CC[C@H](NC(=O)CN(c1ccc2c(c1)OCO2)S(=O)(=O)CC)c1ccc(C)cc1. The minimum Gasteiger partial charge on any atom is -0.454 e. The van der Waals surface area contributed by atoms with E-state index in [-0.39, 0.29) is 31.0 Å². The van der Waals surface area contributed by atoms with Gasteiger partial charge in [0.25, 0.3) is 0 Å². The van der Waals surface area contributed by atoms with Crippen LogP contribution in [0.3, 0.4) is 0 Å². The molecule has 0 aromatic heterocycles. The Morgan fingerprint density at radius 1 is 1.10 bits per heavy atom. The zero-order valence-electron chi connectivity index (χ0n) is 16.8. The van der Waals surface area contributed by atoms with E-state index in [9.17, 15) is 13.2 Å². The van der Waals surface area contributed by atoms with Crippen LogP contribution < -0.4 is 19.1 Å². The third-order valence-electron chi connectivity index (χ3n) is 4.86. The van der Waals surface area contributed by atoms with Gasteiger partial charge in [-0.3, -0.25) is 9.10 Å². The number of fused-ring (bicyclic) bond motifs is 1. The van der Waals surface area contributed by atoms with Gasteiger partial charge in [0, 0.05) is 6.07 Å². The molecule has 0 spiro atoms. The van der Waals surface area contributed by atoms with E-state index in [4.69, 9.17) is 9.47 Å². The number of rotatable bonds is 8. The van der Waals surface area contributed by atoms with Crippen LogP contribution in [0.1, 0.15) is 37.4 Å². The molecule has 0 saturated carbocycles. The van der Waals surface area contributed by atoms with Gasteiger partial charge in [0.1, 0.15) is 6.54 Å². The lowest BCUT2D eigenvalue weighted by Gasteiger charge is -2.25. The van der Waals surface area contributed by atoms with Gasteiger partial charge in [0.05, 0.1) is 17.5 Å². The highest BCUT2D eigenvalue weighted by Crippen LogP contribution is 2.36. The summed E-state index contributed by atoms with van der Waals surface area (Å²) in [5.41, 5.74) is 2.49. The molecule has 2 aromatic rings. The lowest BCUT2D eigenvalue weighted by atomic mass is 10.0. The molecule has 7 nitrogen and oxygen atoms in total. The fraction of sp³-hybridized carbons (Fsp3) is 0.381. The largest absolute Gasteiger partial charge is 0.454 e. The number of ether oxygens (including phenoxy) is 2. The molecule has 1 amide bonds. The van der Waals surface area contributed by atoms with Crippen molar-refractivity contribution in [2.45, 2.75) is 33.2 Å². The highest BCUT2D eigenvalue weighted by atomic mass is 32.2. The van der Waals surface area contributed by atoms with E-state index in [2.05, 4.69) is 5.32 Å². The molecule has 3 rings (SSSR count). The number of hydrogen-bond acceptors (Lipinski definition) is 5. The zero-order valence-corrected chi connectivity index (χ0v) is 17.7. The molecule has 29 heavy (non-hydrogen) atoms.